The first kappa shape index (κ1) is 24.9. The second-order valence-electron chi connectivity index (χ2n) is 8.68. The van der Waals surface area contributed by atoms with Crippen LogP contribution in [0.5, 0.6) is 0 Å². The van der Waals surface area contributed by atoms with E-state index in [0.717, 1.165) is 11.1 Å². The minimum Gasteiger partial charge on any atom is -0.391 e. The number of amides is 2. The Balaban J connectivity index is 1.44. The van der Waals surface area contributed by atoms with Gasteiger partial charge in [0.05, 0.1) is 37.5 Å². The van der Waals surface area contributed by atoms with Gasteiger partial charge >= 0.3 is 0 Å². The smallest absolute Gasteiger partial charge is 0.243 e. The summed E-state index contributed by atoms with van der Waals surface area (Å²) in [5.41, 5.74) is 2.52. The summed E-state index contributed by atoms with van der Waals surface area (Å²) in [6.45, 7) is 2.47. The third kappa shape index (κ3) is 6.69. The summed E-state index contributed by atoms with van der Waals surface area (Å²) in [4.78, 5) is 27.6. The standard InChI is InChI=1S/C26H28ClN3O5/c1-17-11-22(35-29-17)13-25(32)30-14-21(31)12-24(30)26(33)28-23(19-7-9-20(27)10-8-19)16-34-15-18-5-3-2-4-6-18/h2-11,21,23-24,31H,12-16H2,1H3,(H,28,33). The van der Waals surface area contributed by atoms with Crippen molar-refractivity contribution in [2.75, 3.05) is 13.2 Å². The van der Waals surface area contributed by atoms with E-state index in [-0.39, 0.29) is 37.8 Å². The van der Waals surface area contributed by atoms with Gasteiger partial charge in [-0.05, 0) is 30.2 Å². The van der Waals surface area contributed by atoms with E-state index < -0.39 is 18.2 Å². The first-order valence-electron chi connectivity index (χ1n) is 11.5. The maximum Gasteiger partial charge on any atom is 0.243 e. The number of halogens is 1. The maximum absolute atomic E-state index is 13.3. The van der Waals surface area contributed by atoms with Crippen LogP contribution in [0.15, 0.2) is 65.2 Å². The molecule has 0 spiro atoms. The van der Waals surface area contributed by atoms with Crippen molar-refractivity contribution in [3.8, 4) is 0 Å². The van der Waals surface area contributed by atoms with Gasteiger partial charge in [-0.2, -0.15) is 0 Å². The number of aliphatic hydroxyl groups is 1. The zero-order valence-corrected chi connectivity index (χ0v) is 20.1. The van der Waals surface area contributed by atoms with Crippen LogP contribution in [0.1, 0.15) is 35.0 Å². The van der Waals surface area contributed by atoms with Crippen LogP contribution in [0.25, 0.3) is 0 Å². The zero-order valence-electron chi connectivity index (χ0n) is 19.4. The molecule has 0 aliphatic carbocycles. The number of benzene rings is 2. The Bertz CT molecular complexity index is 1140. The molecule has 2 N–H and O–H groups in total. The molecule has 2 heterocycles. The number of ether oxygens (including phenoxy) is 1. The Labute approximate surface area is 208 Å². The van der Waals surface area contributed by atoms with Gasteiger partial charge in [-0.25, -0.2) is 0 Å². The minimum atomic E-state index is -0.801. The number of β-amino-alcohol motifs (C(OH)–C–C–N with tert-alkyl or cyclic N) is 1. The van der Waals surface area contributed by atoms with Gasteiger partial charge in [-0.1, -0.05) is 59.2 Å². The largest absolute Gasteiger partial charge is 0.391 e. The van der Waals surface area contributed by atoms with Gasteiger partial charge in [-0.3, -0.25) is 9.59 Å². The van der Waals surface area contributed by atoms with E-state index in [1.54, 1.807) is 25.1 Å². The number of likely N-dealkylation sites (tertiary alicyclic amines) is 1. The Morgan fingerprint density at radius 1 is 1.23 bits per heavy atom. The second-order valence-corrected chi connectivity index (χ2v) is 9.11. The minimum absolute atomic E-state index is 0.0296. The number of rotatable bonds is 9. The zero-order chi connectivity index (χ0) is 24.8. The Morgan fingerprint density at radius 2 is 1.97 bits per heavy atom. The van der Waals surface area contributed by atoms with Crippen molar-refractivity contribution in [3.63, 3.8) is 0 Å². The van der Waals surface area contributed by atoms with E-state index in [9.17, 15) is 14.7 Å². The third-order valence-electron chi connectivity index (χ3n) is 5.89. The number of carbonyl (C=O) groups excluding carboxylic acids is 2. The molecule has 8 nitrogen and oxygen atoms in total. The summed E-state index contributed by atoms with van der Waals surface area (Å²) < 4.78 is 11.1. The van der Waals surface area contributed by atoms with Crippen LogP contribution in [-0.2, 0) is 27.4 Å². The lowest BCUT2D eigenvalue weighted by Crippen LogP contribution is -2.47. The van der Waals surface area contributed by atoms with Crippen LogP contribution in [0, 0.1) is 6.92 Å². The molecule has 0 saturated carbocycles. The number of nitrogens with zero attached hydrogens (tertiary/aromatic N) is 2. The highest BCUT2D eigenvalue weighted by Gasteiger charge is 2.39. The number of aliphatic hydroxyl groups excluding tert-OH is 1. The SMILES string of the molecule is Cc1cc(CC(=O)N2CC(O)CC2C(=O)NC(COCc2ccccc2)c2ccc(Cl)cc2)on1. The van der Waals surface area contributed by atoms with Gasteiger partial charge in [0.1, 0.15) is 11.8 Å². The quantitative estimate of drug-likeness (QED) is 0.470. The van der Waals surface area contributed by atoms with E-state index in [0.29, 0.717) is 23.1 Å². The van der Waals surface area contributed by atoms with E-state index in [1.807, 2.05) is 42.5 Å². The molecule has 0 bridgehead atoms. The number of hydrogen-bond acceptors (Lipinski definition) is 6. The summed E-state index contributed by atoms with van der Waals surface area (Å²) in [6, 6.07) is 17.3. The molecule has 1 aliphatic heterocycles. The molecular weight excluding hydrogens is 470 g/mol. The lowest BCUT2D eigenvalue weighted by Gasteiger charge is -2.26. The predicted octanol–water partition coefficient (Wildman–Crippen LogP) is 3.22. The first-order chi connectivity index (χ1) is 16.9. The normalized spacial score (nSPS) is 18.4. The van der Waals surface area contributed by atoms with Crippen molar-refractivity contribution in [3.05, 3.63) is 88.3 Å². The van der Waals surface area contributed by atoms with Crippen molar-refractivity contribution in [1.29, 1.82) is 0 Å². The maximum atomic E-state index is 13.3. The van der Waals surface area contributed by atoms with Crippen molar-refractivity contribution >= 4 is 23.4 Å². The predicted molar refractivity (Wildman–Crippen MR) is 130 cm³/mol. The lowest BCUT2D eigenvalue weighted by atomic mass is 10.1. The molecule has 1 aliphatic rings. The Hall–Kier alpha value is -3.20. The molecule has 2 amide bonds. The molecule has 9 heteroatoms. The van der Waals surface area contributed by atoms with E-state index in [1.165, 1.54) is 4.90 Å². The summed E-state index contributed by atoms with van der Waals surface area (Å²) in [5.74, 6) is -0.241. The van der Waals surface area contributed by atoms with E-state index in [4.69, 9.17) is 20.9 Å². The Morgan fingerprint density at radius 3 is 2.66 bits per heavy atom. The highest BCUT2D eigenvalue weighted by molar-refractivity contribution is 6.30. The molecule has 2 aromatic carbocycles. The van der Waals surface area contributed by atoms with Gasteiger partial charge < -0.3 is 24.6 Å². The van der Waals surface area contributed by atoms with Crippen molar-refractivity contribution in [1.82, 2.24) is 15.4 Å². The van der Waals surface area contributed by atoms with Gasteiger partial charge in [-0.15, -0.1) is 0 Å². The van der Waals surface area contributed by atoms with Crippen LogP contribution < -0.4 is 5.32 Å². The molecule has 3 unspecified atom stereocenters. The molecule has 0 radical (unpaired) electrons. The van der Waals surface area contributed by atoms with Crippen molar-refractivity contribution < 1.29 is 24.0 Å². The molecule has 3 aromatic rings. The van der Waals surface area contributed by atoms with E-state index in [2.05, 4.69) is 10.5 Å². The van der Waals surface area contributed by atoms with Crippen LogP contribution in [0.4, 0.5) is 0 Å². The molecule has 1 saturated heterocycles. The summed E-state index contributed by atoms with van der Waals surface area (Å²) >= 11 is 6.05. The highest BCUT2D eigenvalue weighted by Crippen LogP contribution is 2.23. The van der Waals surface area contributed by atoms with Crippen molar-refractivity contribution in [2.45, 2.75) is 44.6 Å². The van der Waals surface area contributed by atoms with Crippen LogP contribution in [0.2, 0.25) is 5.02 Å². The fourth-order valence-electron chi connectivity index (χ4n) is 4.14. The van der Waals surface area contributed by atoms with Crippen LogP contribution in [-0.4, -0.2) is 52.3 Å². The van der Waals surface area contributed by atoms with Gasteiger partial charge in [0.2, 0.25) is 11.8 Å². The number of nitrogens with one attached hydrogen (secondary N) is 1. The van der Waals surface area contributed by atoms with Crippen molar-refractivity contribution in [2.24, 2.45) is 0 Å². The molecular formula is C26H28ClN3O5. The highest BCUT2D eigenvalue weighted by atomic mass is 35.5. The van der Waals surface area contributed by atoms with Gasteiger partial charge in [0.15, 0.2) is 0 Å². The topological polar surface area (TPSA) is 105 Å². The summed E-state index contributed by atoms with van der Waals surface area (Å²) in [6.07, 6.45) is -0.655. The molecule has 4 rings (SSSR count). The summed E-state index contributed by atoms with van der Waals surface area (Å²) in [7, 11) is 0. The molecule has 35 heavy (non-hydrogen) atoms. The molecule has 1 fully saturated rings. The summed E-state index contributed by atoms with van der Waals surface area (Å²) in [5, 5.41) is 17.6. The molecule has 3 atom stereocenters. The fourth-order valence-corrected chi connectivity index (χ4v) is 4.27. The fraction of sp³-hybridized carbons (Fsp3) is 0.346. The average molecular weight is 498 g/mol. The number of aryl methyl sites for hydroxylation is 1. The Kier molecular flexibility index (Phi) is 8.17. The lowest BCUT2D eigenvalue weighted by molar-refractivity contribution is -0.138. The number of carbonyl (C=O) groups is 2. The van der Waals surface area contributed by atoms with E-state index >= 15 is 0 Å². The molecule has 184 valence electrons. The average Bonchev–Trinajstić information content (AvgIpc) is 3.44. The monoisotopic (exact) mass is 497 g/mol. The number of hydrogen-bond donors (Lipinski definition) is 2. The second kappa shape index (κ2) is 11.5. The molecule has 1 aromatic heterocycles. The third-order valence-corrected chi connectivity index (χ3v) is 6.14. The number of aromatic nitrogens is 1. The first-order valence-corrected chi connectivity index (χ1v) is 11.8. The van der Waals surface area contributed by atoms with Crippen LogP contribution in [0.3, 0.4) is 0 Å². The van der Waals surface area contributed by atoms with Gasteiger partial charge in [0, 0.05) is 24.1 Å². The van der Waals surface area contributed by atoms with Gasteiger partial charge in [0.25, 0.3) is 0 Å². The van der Waals surface area contributed by atoms with Crippen LogP contribution >= 0.6 is 11.6 Å².